The summed E-state index contributed by atoms with van der Waals surface area (Å²) >= 11 is 0. The number of benzene rings is 1. The van der Waals surface area contributed by atoms with Crippen LogP contribution in [0.15, 0.2) is 24.5 Å². The van der Waals surface area contributed by atoms with Gasteiger partial charge in [-0.05, 0) is 25.5 Å². The molecule has 0 N–H and O–H groups in total. The molecule has 3 nitrogen and oxygen atoms in total. The maximum Gasteiger partial charge on any atom is 0.224 e. The smallest absolute Gasteiger partial charge is 0.224 e. The van der Waals surface area contributed by atoms with E-state index in [1.54, 1.807) is 0 Å². The van der Waals surface area contributed by atoms with Crippen molar-refractivity contribution >= 4 is 10.9 Å². The Labute approximate surface area is 82.8 Å². The third kappa shape index (κ3) is 1.41. The molecule has 2 aromatic rings. The summed E-state index contributed by atoms with van der Waals surface area (Å²) in [5, 5.41) is 1.01. The molecule has 1 aromatic carbocycles. The van der Waals surface area contributed by atoms with Crippen molar-refractivity contribution in [1.82, 2.24) is 9.97 Å². The second kappa shape index (κ2) is 3.62. The van der Waals surface area contributed by atoms with E-state index in [1.807, 2.05) is 32.0 Å². The van der Waals surface area contributed by atoms with Crippen LogP contribution in [0.5, 0.6) is 5.88 Å². The topological polar surface area (TPSA) is 35.0 Å². The Hall–Kier alpha value is -1.64. The quantitative estimate of drug-likeness (QED) is 0.725. The maximum atomic E-state index is 5.45. The van der Waals surface area contributed by atoms with E-state index >= 15 is 0 Å². The van der Waals surface area contributed by atoms with Crippen LogP contribution < -0.4 is 4.74 Å². The summed E-state index contributed by atoms with van der Waals surface area (Å²) < 4.78 is 5.45. The molecule has 1 aromatic heterocycles. The Morgan fingerprint density at radius 1 is 1.29 bits per heavy atom. The summed E-state index contributed by atoms with van der Waals surface area (Å²) in [7, 11) is 0. The van der Waals surface area contributed by atoms with Gasteiger partial charge in [0.15, 0.2) is 0 Å². The Bertz CT molecular complexity index is 449. The fourth-order valence-corrected chi connectivity index (χ4v) is 1.49. The van der Waals surface area contributed by atoms with Crippen LogP contribution in [-0.4, -0.2) is 16.6 Å². The van der Waals surface area contributed by atoms with Gasteiger partial charge in [-0.3, -0.25) is 0 Å². The number of nitrogens with zero attached hydrogens (tertiary/aromatic N) is 2. The van der Waals surface area contributed by atoms with Gasteiger partial charge < -0.3 is 4.74 Å². The molecule has 0 amide bonds. The second-order valence-electron chi connectivity index (χ2n) is 3.08. The third-order valence-corrected chi connectivity index (χ3v) is 2.12. The number of aromatic nitrogens is 2. The van der Waals surface area contributed by atoms with Gasteiger partial charge in [-0.25, -0.2) is 9.97 Å². The van der Waals surface area contributed by atoms with Gasteiger partial charge in [-0.15, -0.1) is 0 Å². The Morgan fingerprint density at radius 3 is 2.93 bits per heavy atom. The maximum absolute atomic E-state index is 5.45. The molecule has 0 radical (unpaired) electrons. The van der Waals surface area contributed by atoms with E-state index in [4.69, 9.17) is 4.74 Å². The molecule has 0 unspecified atom stereocenters. The molecule has 0 atom stereocenters. The SMILES string of the molecule is CCOc1ncnc2cccc(C)c12. The first-order valence-corrected chi connectivity index (χ1v) is 4.66. The van der Waals surface area contributed by atoms with Crippen molar-refractivity contribution in [3.63, 3.8) is 0 Å². The molecular formula is C11H12N2O. The standard InChI is InChI=1S/C11H12N2O/c1-3-14-11-10-8(2)5-4-6-9(10)12-7-13-11/h4-7H,3H2,1-2H3. The fourth-order valence-electron chi connectivity index (χ4n) is 1.49. The normalized spacial score (nSPS) is 10.4. The first kappa shape index (κ1) is 8.94. The number of fused-ring (bicyclic) bond motifs is 1. The van der Waals surface area contributed by atoms with Gasteiger partial charge in [0, 0.05) is 0 Å². The molecule has 0 spiro atoms. The number of aryl methyl sites for hydroxylation is 1. The van der Waals surface area contributed by atoms with Crippen molar-refractivity contribution in [2.45, 2.75) is 13.8 Å². The molecule has 0 aliphatic heterocycles. The van der Waals surface area contributed by atoms with Gasteiger partial charge in [0.05, 0.1) is 17.5 Å². The lowest BCUT2D eigenvalue weighted by atomic mass is 10.1. The average molecular weight is 188 g/mol. The lowest BCUT2D eigenvalue weighted by molar-refractivity contribution is 0.330. The van der Waals surface area contributed by atoms with Crippen LogP contribution in [0.3, 0.4) is 0 Å². The van der Waals surface area contributed by atoms with Gasteiger partial charge >= 0.3 is 0 Å². The van der Waals surface area contributed by atoms with Crippen molar-refractivity contribution < 1.29 is 4.74 Å². The molecule has 0 aliphatic carbocycles. The van der Waals surface area contributed by atoms with Crippen molar-refractivity contribution in [3.8, 4) is 5.88 Å². The van der Waals surface area contributed by atoms with Crippen LogP contribution in [0.25, 0.3) is 10.9 Å². The van der Waals surface area contributed by atoms with E-state index in [2.05, 4.69) is 9.97 Å². The number of hydrogen-bond donors (Lipinski definition) is 0. The van der Waals surface area contributed by atoms with Crippen molar-refractivity contribution in [1.29, 1.82) is 0 Å². The Kier molecular flexibility index (Phi) is 2.31. The zero-order valence-corrected chi connectivity index (χ0v) is 8.32. The number of rotatable bonds is 2. The minimum Gasteiger partial charge on any atom is -0.477 e. The minimum absolute atomic E-state index is 0.625. The molecule has 72 valence electrons. The predicted molar refractivity (Wildman–Crippen MR) is 55.4 cm³/mol. The molecule has 2 rings (SSSR count). The summed E-state index contributed by atoms with van der Waals surface area (Å²) in [6, 6.07) is 5.99. The third-order valence-electron chi connectivity index (χ3n) is 2.12. The number of ether oxygens (including phenoxy) is 1. The summed E-state index contributed by atoms with van der Waals surface area (Å²) in [4.78, 5) is 8.32. The lowest BCUT2D eigenvalue weighted by Crippen LogP contribution is -1.97. The van der Waals surface area contributed by atoms with Crippen LogP contribution in [0.2, 0.25) is 0 Å². The predicted octanol–water partition coefficient (Wildman–Crippen LogP) is 2.34. The van der Waals surface area contributed by atoms with Crippen molar-refractivity contribution in [2.75, 3.05) is 6.61 Å². The molecule has 14 heavy (non-hydrogen) atoms. The first-order valence-electron chi connectivity index (χ1n) is 4.66. The molecule has 0 bridgehead atoms. The Balaban J connectivity index is 2.71. The molecule has 3 heteroatoms. The highest BCUT2D eigenvalue weighted by Gasteiger charge is 2.05. The van der Waals surface area contributed by atoms with E-state index in [-0.39, 0.29) is 0 Å². The highest BCUT2D eigenvalue weighted by molar-refractivity contribution is 5.86. The molecular weight excluding hydrogens is 176 g/mol. The van der Waals surface area contributed by atoms with Crippen LogP contribution >= 0.6 is 0 Å². The van der Waals surface area contributed by atoms with Crippen LogP contribution in [-0.2, 0) is 0 Å². The monoisotopic (exact) mass is 188 g/mol. The van der Waals surface area contributed by atoms with Gasteiger partial charge in [0.25, 0.3) is 0 Å². The zero-order valence-electron chi connectivity index (χ0n) is 8.32. The summed E-state index contributed by atoms with van der Waals surface area (Å²) in [5.74, 6) is 0.676. The summed E-state index contributed by atoms with van der Waals surface area (Å²) in [6.07, 6.45) is 1.53. The van der Waals surface area contributed by atoms with Crippen LogP contribution in [0.1, 0.15) is 12.5 Å². The molecule has 0 saturated carbocycles. The van der Waals surface area contributed by atoms with Crippen molar-refractivity contribution in [3.05, 3.63) is 30.1 Å². The molecule has 0 saturated heterocycles. The van der Waals surface area contributed by atoms with Gasteiger partial charge in [0.2, 0.25) is 5.88 Å². The highest BCUT2D eigenvalue weighted by atomic mass is 16.5. The summed E-state index contributed by atoms with van der Waals surface area (Å²) in [5.41, 5.74) is 2.08. The van der Waals surface area contributed by atoms with E-state index < -0.39 is 0 Å². The Morgan fingerprint density at radius 2 is 2.14 bits per heavy atom. The fraction of sp³-hybridized carbons (Fsp3) is 0.273. The zero-order chi connectivity index (χ0) is 9.97. The van der Waals surface area contributed by atoms with Gasteiger partial charge in [0.1, 0.15) is 6.33 Å². The first-order chi connectivity index (χ1) is 6.83. The van der Waals surface area contributed by atoms with Crippen LogP contribution in [0.4, 0.5) is 0 Å². The van der Waals surface area contributed by atoms with E-state index in [0.717, 1.165) is 16.5 Å². The van der Waals surface area contributed by atoms with E-state index in [9.17, 15) is 0 Å². The van der Waals surface area contributed by atoms with Crippen molar-refractivity contribution in [2.24, 2.45) is 0 Å². The minimum atomic E-state index is 0.625. The number of hydrogen-bond acceptors (Lipinski definition) is 3. The highest BCUT2D eigenvalue weighted by Crippen LogP contribution is 2.24. The average Bonchev–Trinajstić information content (AvgIpc) is 2.19. The second-order valence-corrected chi connectivity index (χ2v) is 3.08. The van der Waals surface area contributed by atoms with Gasteiger partial charge in [-0.1, -0.05) is 12.1 Å². The molecule has 1 heterocycles. The summed E-state index contributed by atoms with van der Waals surface area (Å²) in [6.45, 7) is 4.61. The lowest BCUT2D eigenvalue weighted by Gasteiger charge is -2.06. The molecule has 0 fully saturated rings. The van der Waals surface area contributed by atoms with E-state index in [1.165, 1.54) is 6.33 Å². The molecule has 0 aliphatic rings. The van der Waals surface area contributed by atoms with E-state index in [0.29, 0.717) is 12.5 Å². The van der Waals surface area contributed by atoms with Gasteiger partial charge in [-0.2, -0.15) is 0 Å². The van der Waals surface area contributed by atoms with Crippen LogP contribution in [0, 0.1) is 6.92 Å². The largest absolute Gasteiger partial charge is 0.477 e.